The summed E-state index contributed by atoms with van der Waals surface area (Å²) in [6, 6.07) is 6.47. The fourth-order valence-corrected chi connectivity index (χ4v) is 3.01. The van der Waals surface area contributed by atoms with Crippen LogP contribution in [0.1, 0.15) is 36.8 Å². The second-order valence-electron chi connectivity index (χ2n) is 6.38. The van der Waals surface area contributed by atoms with Crippen molar-refractivity contribution in [2.45, 2.75) is 34.2 Å². The number of nitrogens with one attached hydrogen (secondary N) is 1. The van der Waals surface area contributed by atoms with Gasteiger partial charge in [0, 0.05) is 30.4 Å². The summed E-state index contributed by atoms with van der Waals surface area (Å²) in [6.07, 6.45) is 0. The number of methoxy groups -OCH3 is 1. The van der Waals surface area contributed by atoms with Gasteiger partial charge in [0.2, 0.25) is 5.75 Å². The molecule has 1 aromatic heterocycles. The number of hydrogen-bond donors (Lipinski definition) is 1. The Hall–Kier alpha value is -3.16. The van der Waals surface area contributed by atoms with E-state index in [1.54, 1.807) is 22.8 Å². The molecular formula is C22H30N2O6. The van der Waals surface area contributed by atoms with Crippen LogP contribution in [0.15, 0.2) is 29.1 Å². The molecule has 0 fully saturated rings. The molecule has 1 aromatic carbocycles. The van der Waals surface area contributed by atoms with Gasteiger partial charge in [-0.05, 0) is 45.9 Å². The number of ether oxygens (including phenoxy) is 4. The zero-order chi connectivity index (χ0) is 22.1. The maximum Gasteiger partial charge on any atom is 0.254 e. The Morgan fingerprint density at radius 2 is 1.57 bits per heavy atom. The fourth-order valence-electron chi connectivity index (χ4n) is 3.01. The van der Waals surface area contributed by atoms with E-state index >= 15 is 0 Å². The van der Waals surface area contributed by atoms with Gasteiger partial charge < -0.3 is 28.8 Å². The molecule has 0 aliphatic heterocycles. The van der Waals surface area contributed by atoms with E-state index in [1.165, 1.54) is 13.2 Å². The van der Waals surface area contributed by atoms with E-state index in [2.05, 4.69) is 5.32 Å². The molecule has 8 nitrogen and oxygen atoms in total. The fraction of sp³-hybridized carbons (Fsp3) is 0.455. The lowest BCUT2D eigenvalue weighted by molar-refractivity contribution is 0.0951. The topological polar surface area (TPSA) is 88.0 Å². The first-order valence-electron chi connectivity index (χ1n) is 10.0. The summed E-state index contributed by atoms with van der Waals surface area (Å²) in [4.78, 5) is 24.9. The number of carbonyl (C=O) groups excluding carboxylic acids is 1. The Morgan fingerprint density at radius 1 is 0.967 bits per heavy atom. The summed E-state index contributed by atoms with van der Waals surface area (Å²) in [5.74, 6) is 1.62. The molecule has 30 heavy (non-hydrogen) atoms. The van der Waals surface area contributed by atoms with Crippen LogP contribution in [-0.4, -0.2) is 43.9 Å². The van der Waals surface area contributed by atoms with Crippen molar-refractivity contribution in [3.05, 3.63) is 45.9 Å². The van der Waals surface area contributed by atoms with Gasteiger partial charge in [0.25, 0.3) is 11.5 Å². The van der Waals surface area contributed by atoms with Crippen LogP contribution in [0.3, 0.4) is 0 Å². The molecule has 0 saturated carbocycles. The van der Waals surface area contributed by atoms with Crippen molar-refractivity contribution in [2.24, 2.45) is 0 Å². The molecule has 0 radical (unpaired) electrons. The molecule has 2 rings (SSSR count). The molecule has 0 saturated heterocycles. The molecule has 0 aliphatic rings. The van der Waals surface area contributed by atoms with Gasteiger partial charge in [-0.15, -0.1) is 0 Å². The van der Waals surface area contributed by atoms with Crippen molar-refractivity contribution < 1.29 is 23.7 Å². The largest absolute Gasteiger partial charge is 0.496 e. The summed E-state index contributed by atoms with van der Waals surface area (Å²) < 4.78 is 23.7. The predicted molar refractivity (Wildman–Crippen MR) is 114 cm³/mol. The second kappa shape index (κ2) is 11.1. The van der Waals surface area contributed by atoms with Crippen molar-refractivity contribution in [2.75, 3.05) is 33.5 Å². The molecule has 0 aliphatic carbocycles. The van der Waals surface area contributed by atoms with Crippen LogP contribution in [0.5, 0.6) is 23.0 Å². The summed E-state index contributed by atoms with van der Waals surface area (Å²) >= 11 is 0. The number of amides is 1. The highest BCUT2D eigenvalue weighted by Crippen LogP contribution is 2.39. The maximum absolute atomic E-state index is 12.7. The van der Waals surface area contributed by atoms with Gasteiger partial charge in [-0.2, -0.15) is 0 Å². The molecule has 8 heteroatoms. The SMILES string of the molecule is CCOc1cc(C(=O)NCCn2c(C)cc(OC)cc2=O)cc(OCC)c1OCC. The normalized spacial score (nSPS) is 10.4. The lowest BCUT2D eigenvalue weighted by Gasteiger charge is -2.17. The van der Waals surface area contributed by atoms with E-state index < -0.39 is 0 Å². The number of nitrogens with zero attached hydrogens (tertiary/aromatic N) is 1. The quantitative estimate of drug-likeness (QED) is 0.604. The Balaban J connectivity index is 2.17. The van der Waals surface area contributed by atoms with E-state index in [4.69, 9.17) is 18.9 Å². The molecule has 1 amide bonds. The molecule has 0 spiro atoms. The van der Waals surface area contributed by atoms with E-state index in [0.29, 0.717) is 54.9 Å². The van der Waals surface area contributed by atoms with Crippen LogP contribution in [0.25, 0.3) is 0 Å². The Kier molecular flexibility index (Phi) is 8.58. The Labute approximate surface area is 176 Å². The van der Waals surface area contributed by atoms with Crippen LogP contribution in [0.2, 0.25) is 0 Å². The number of aromatic nitrogens is 1. The van der Waals surface area contributed by atoms with Crippen molar-refractivity contribution in [1.29, 1.82) is 0 Å². The van der Waals surface area contributed by atoms with Crippen molar-refractivity contribution >= 4 is 5.91 Å². The lowest BCUT2D eigenvalue weighted by Crippen LogP contribution is -2.31. The zero-order valence-corrected chi connectivity index (χ0v) is 18.2. The predicted octanol–water partition coefficient (Wildman–Crippen LogP) is 2.79. The Morgan fingerprint density at radius 3 is 2.07 bits per heavy atom. The Bertz CT molecular complexity index is 895. The molecule has 164 valence electrons. The lowest BCUT2D eigenvalue weighted by atomic mass is 10.1. The third-order valence-electron chi connectivity index (χ3n) is 4.34. The van der Waals surface area contributed by atoms with E-state index in [1.807, 2.05) is 27.7 Å². The van der Waals surface area contributed by atoms with Crippen LogP contribution in [0.4, 0.5) is 0 Å². The average molecular weight is 418 g/mol. The number of carbonyl (C=O) groups is 1. The molecule has 0 unspecified atom stereocenters. The smallest absolute Gasteiger partial charge is 0.254 e. The van der Waals surface area contributed by atoms with Gasteiger partial charge in [0.1, 0.15) is 5.75 Å². The van der Waals surface area contributed by atoms with E-state index in [-0.39, 0.29) is 18.0 Å². The van der Waals surface area contributed by atoms with E-state index in [9.17, 15) is 9.59 Å². The summed E-state index contributed by atoms with van der Waals surface area (Å²) in [7, 11) is 1.52. The minimum absolute atomic E-state index is 0.181. The van der Waals surface area contributed by atoms with Gasteiger partial charge in [-0.3, -0.25) is 9.59 Å². The molecule has 0 bridgehead atoms. The van der Waals surface area contributed by atoms with Crippen LogP contribution >= 0.6 is 0 Å². The van der Waals surface area contributed by atoms with Crippen molar-refractivity contribution in [3.8, 4) is 23.0 Å². The third kappa shape index (κ3) is 5.68. The highest BCUT2D eigenvalue weighted by atomic mass is 16.5. The summed E-state index contributed by atoms with van der Waals surface area (Å²) in [5, 5.41) is 2.84. The van der Waals surface area contributed by atoms with Crippen LogP contribution < -0.4 is 29.8 Å². The monoisotopic (exact) mass is 418 g/mol. The molecular weight excluding hydrogens is 388 g/mol. The molecule has 0 atom stereocenters. The van der Waals surface area contributed by atoms with Gasteiger partial charge in [-0.1, -0.05) is 0 Å². The minimum Gasteiger partial charge on any atom is -0.496 e. The van der Waals surface area contributed by atoms with Crippen LogP contribution in [0, 0.1) is 6.92 Å². The standard InChI is InChI=1S/C22H30N2O6/c1-6-28-18-12-16(13-19(29-7-2)21(18)30-8-3)22(26)23-9-10-24-15(4)11-17(27-5)14-20(24)25/h11-14H,6-10H2,1-5H3,(H,23,26). The summed E-state index contributed by atoms with van der Waals surface area (Å²) in [6.45, 7) is 9.33. The first-order valence-corrected chi connectivity index (χ1v) is 10.0. The molecule has 1 heterocycles. The highest BCUT2D eigenvalue weighted by Gasteiger charge is 2.18. The number of hydrogen-bond acceptors (Lipinski definition) is 6. The second-order valence-corrected chi connectivity index (χ2v) is 6.38. The van der Waals surface area contributed by atoms with E-state index in [0.717, 1.165) is 5.69 Å². The van der Waals surface area contributed by atoms with Gasteiger partial charge in [0.05, 0.1) is 26.9 Å². The maximum atomic E-state index is 12.7. The number of benzene rings is 1. The van der Waals surface area contributed by atoms with Crippen molar-refractivity contribution in [3.63, 3.8) is 0 Å². The average Bonchev–Trinajstić information content (AvgIpc) is 2.72. The van der Waals surface area contributed by atoms with Crippen molar-refractivity contribution in [1.82, 2.24) is 9.88 Å². The van der Waals surface area contributed by atoms with Crippen LogP contribution in [-0.2, 0) is 6.54 Å². The molecule has 2 aromatic rings. The summed E-state index contributed by atoms with van der Waals surface area (Å²) in [5.41, 5.74) is 0.968. The number of pyridine rings is 1. The van der Waals surface area contributed by atoms with Gasteiger partial charge >= 0.3 is 0 Å². The zero-order valence-electron chi connectivity index (χ0n) is 18.2. The van der Waals surface area contributed by atoms with Gasteiger partial charge in [0.15, 0.2) is 11.5 Å². The number of aryl methyl sites for hydroxylation is 1. The first kappa shape index (κ1) is 23.1. The molecule has 1 N–H and O–H groups in total. The van der Waals surface area contributed by atoms with Gasteiger partial charge in [-0.25, -0.2) is 0 Å². The number of rotatable bonds is 11. The highest BCUT2D eigenvalue weighted by molar-refractivity contribution is 5.95. The first-order chi connectivity index (χ1) is 14.4. The minimum atomic E-state index is -0.292. The third-order valence-corrected chi connectivity index (χ3v) is 4.34.